The van der Waals surface area contributed by atoms with Gasteiger partial charge in [-0.15, -0.1) is 0 Å². The van der Waals surface area contributed by atoms with Gasteiger partial charge in [0.25, 0.3) is 0 Å². The summed E-state index contributed by atoms with van der Waals surface area (Å²) in [7, 11) is 1.62. The second-order valence-corrected chi connectivity index (χ2v) is 4.90. The van der Waals surface area contributed by atoms with Crippen molar-refractivity contribution in [3.8, 4) is 5.88 Å². The highest BCUT2D eigenvalue weighted by Gasteiger charge is 2.25. The molecule has 2 aromatic rings. The zero-order chi connectivity index (χ0) is 12.5. The molecule has 0 aromatic carbocycles. The van der Waals surface area contributed by atoms with Crippen LogP contribution in [-0.2, 0) is 0 Å². The van der Waals surface area contributed by atoms with Crippen molar-refractivity contribution < 1.29 is 9.84 Å². The monoisotopic (exact) mass is 246 g/mol. The first kappa shape index (κ1) is 11.5. The Morgan fingerprint density at radius 1 is 1.28 bits per heavy atom. The van der Waals surface area contributed by atoms with Gasteiger partial charge in [0.05, 0.1) is 30.3 Å². The number of nitrogens with zero attached hydrogens (tertiary/aromatic N) is 2. The van der Waals surface area contributed by atoms with Crippen molar-refractivity contribution in [3.63, 3.8) is 0 Å². The molecule has 18 heavy (non-hydrogen) atoms. The molecule has 0 amide bonds. The molecule has 1 fully saturated rings. The summed E-state index contributed by atoms with van der Waals surface area (Å²) in [6.07, 6.45) is 6.03. The van der Waals surface area contributed by atoms with Crippen LogP contribution in [0.15, 0.2) is 24.4 Å². The van der Waals surface area contributed by atoms with Crippen LogP contribution in [0.1, 0.15) is 31.7 Å². The van der Waals surface area contributed by atoms with Gasteiger partial charge < -0.3 is 14.4 Å². The zero-order valence-corrected chi connectivity index (χ0v) is 10.5. The lowest BCUT2D eigenvalue weighted by atomic mass is 9.92. The average molecular weight is 246 g/mol. The van der Waals surface area contributed by atoms with Crippen LogP contribution in [0.2, 0.25) is 0 Å². The maximum Gasteiger partial charge on any atom is 0.213 e. The second-order valence-electron chi connectivity index (χ2n) is 4.90. The Bertz CT molecular complexity index is 550. The van der Waals surface area contributed by atoms with Crippen LogP contribution in [0.4, 0.5) is 0 Å². The number of aliphatic hydroxyl groups is 1. The van der Waals surface area contributed by atoms with Gasteiger partial charge in [-0.1, -0.05) is 12.8 Å². The van der Waals surface area contributed by atoms with Gasteiger partial charge in [-0.3, -0.25) is 0 Å². The van der Waals surface area contributed by atoms with E-state index in [1.165, 1.54) is 6.42 Å². The maximum atomic E-state index is 10.1. The molecule has 1 saturated carbocycles. The lowest BCUT2D eigenvalue weighted by Crippen LogP contribution is -2.27. The summed E-state index contributed by atoms with van der Waals surface area (Å²) in [5.74, 6) is 0.629. The SMILES string of the molecule is COc1ccc2c(ccn2[C@H]2CCCC[C@@H]2O)n1. The predicted molar refractivity (Wildman–Crippen MR) is 69.8 cm³/mol. The van der Waals surface area contributed by atoms with Gasteiger partial charge in [-0.2, -0.15) is 0 Å². The van der Waals surface area contributed by atoms with Crippen molar-refractivity contribution >= 4 is 11.0 Å². The third-order valence-corrected chi connectivity index (χ3v) is 3.81. The molecule has 4 nitrogen and oxygen atoms in total. The van der Waals surface area contributed by atoms with E-state index in [9.17, 15) is 5.11 Å². The molecule has 4 heteroatoms. The van der Waals surface area contributed by atoms with E-state index in [-0.39, 0.29) is 12.1 Å². The van der Waals surface area contributed by atoms with Crippen molar-refractivity contribution in [2.75, 3.05) is 7.11 Å². The lowest BCUT2D eigenvalue weighted by molar-refractivity contribution is 0.0776. The van der Waals surface area contributed by atoms with Gasteiger partial charge in [0.2, 0.25) is 5.88 Å². The van der Waals surface area contributed by atoms with Gasteiger partial charge in [-0.05, 0) is 25.0 Å². The first-order chi connectivity index (χ1) is 8.79. The Kier molecular flexibility index (Phi) is 2.96. The Morgan fingerprint density at radius 2 is 2.11 bits per heavy atom. The first-order valence-electron chi connectivity index (χ1n) is 6.49. The molecule has 2 aromatic heterocycles. The van der Waals surface area contributed by atoms with Crippen LogP contribution in [0, 0.1) is 0 Å². The van der Waals surface area contributed by atoms with Gasteiger partial charge in [-0.25, -0.2) is 4.98 Å². The average Bonchev–Trinajstić information content (AvgIpc) is 2.82. The van der Waals surface area contributed by atoms with E-state index in [4.69, 9.17) is 4.74 Å². The lowest BCUT2D eigenvalue weighted by Gasteiger charge is -2.29. The van der Waals surface area contributed by atoms with Crippen molar-refractivity contribution in [2.24, 2.45) is 0 Å². The summed E-state index contributed by atoms with van der Waals surface area (Å²) in [6.45, 7) is 0. The number of rotatable bonds is 2. The normalized spacial score (nSPS) is 24.3. The van der Waals surface area contributed by atoms with E-state index in [0.29, 0.717) is 5.88 Å². The molecule has 0 saturated heterocycles. The molecule has 0 bridgehead atoms. The van der Waals surface area contributed by atoms with Gasteiger partial charge in [0, 0.05) is 12.3 Å². The molecule has 0 spiro atoms. The largest absolute Gasteiger partial charge is 0.481 e. The minimum absolute atomic E-state index is 0.187. The van der Waals surface area contributed by atoms with Crippen LogP contribution in [0.3, 0.4) is 0 Å². The number of fused-ring (bicyclic) bond motifs is 1. The fourth-order valence-electron chi connectivity index (χ4n) is 2.84. The summed E-state index contributed by atoms with van der Waals surface area (Å²) in [5, 5.41) is 10.1. The zero-order valence-electron chi connectivity index (χ0n) is 10.5. The van der Waals surface area contributed by atoms with E-state index < -0.39 is 0 Å². The summed E-state index contributed by atoms with van der Waals surface area (Å²) in [6, 6.07) is 6.06. The third-order valence-electron chi connectivity index (χ3n) is 3.81. The van der Waals surface area contributed by atoms with Crippen molar-refractivity contribution in [1.82, 2.24) is 9.55 Å². The summed E-state index contributed by atoms with van der Waals surface area (Å²) in [4.78, 5) is 4.41. The molecule has 0 radical (unpaired) electrons. The number of hydrogen-bond acceptors (Lipinski definition) is 3. The molecular weight excluding hydrogens is 228 g/mol. The Balaban J connectivity index is 2.01. The molecule has 1 aliphatic carbocycles. The molecule has 0 unspecified atom stereocenters. The molecule has 0 aliphatic heterocycles. The minimum atomic E-state index is -0.239. The van der Waals surface area contributed by atoms with Crippen LogP contribution in [0.25, 0.3) is 11.0 Å². The standard InChI is InChI=1S/C14H18N2O2/c1-18-14-7-6-11-10(15-14)8-9-16(11)12-4-2-3-5-13(12)17/h6-9,12-13,17H,2-5H2,1H3/t12-,13-/m0/s1. The molecule has 2 atom stereocenters. The highest BCUT2D eigenvalue weighted by atomic mass is 16.5. The number of ether oxygens (including phenoxy) is 1. The van der Waals surface area contributed by atoms with Crippen LogP contribution < -0.4 is 4.74 Å². The van der Waals surface area contributed by atoms with Gasteiger partial charge >= 0.3 is 0 Å². The minimum Gasteiger partial charge on any atom is -0.481 e. The predicted octanol–water partition coefficient (Wildman–Crippen LogP) is 2.52. The van der Waals surface area contributed by atoms with E-state index in [1.807, 2.05) is 24.4 Å². The number of pyridine rings is 1. The third kappa shape index (κ3) is 1.86. The Hall–Kier alpha value is -1.55. The molecule has 96 valence electrons. The van der Waals surface area contributed by atoms with Crippen LogP contribution in [-0.4, -0.2) is 27.9 Å². The summed E-state index contributed by atoms with van der Waals surface area (Å²) < 4.78 is 7.29. The highest BCUT2D eigenvalue weighted by molar-refractivity contribution is 5.76. The topological polar surface area (TPSA) is 47.3 Å². The Labute approximate surface area is 106 Å². The molecule has 3 rings (SSSR count). The van der Waals surface area contributed by atoms with E-state index in [0.717, 1.165) is 30.3 Å². The molecule has 1 N–H and O–H groups in total. The number of hydrogen-bond donors (Lipinski definition) is 1. The van der Waals surface area contributed by atoms with Gasteiger partial charge in [0.15, 0.2) is 0 Å². The van der Waals surface area contributed by atoms with Crippen molar-refractivity contribution in [2.45, 2.75) is 37.8 Å². The highest BCUT2D eigenvalue weighted by Crippen LogP contribution is 2.32. The number of aliphatic hydroxyl groups excluding tert-OH is 1. The summed E-state index contributed by atoms with van der Waals surface area (Å²) >= 11 is 0. The van der Waals surface area contributed by atoms with Crippen molar-refractivity contribution in [1.29, 1.82) is 0 Å². The smallest absolute Gasteiger partial charge is 0.213 e. The van der Waals surface area contributed by atoms with Crippen LogP contribution in [0.5, 0.6) is 5.88 Å². The fourth-order valence-corrected chi connectivity index (χ4v) is 2.84. The van der Waals surface area contributed by atoms with Crippen molar-refractivity contribution in [3.05, 3.63) is 24.4 Å². The first-order valence-corrected chi connectivity index (χ1v) is 6.49. The molecule has 2 heterocycles. The van der Waals surface area contributed by atoms with Gasteiger partial charge in [0.1, 0.15) is 0 Å². The van der Waals surface area contributed by atoms with E-state index in [1.54, 1.807) is 7.11 Å². The number of methoxy groups -OCH3 is 1. The van der Waals surface area contributed by atoms with E-state index in [2.05, 4.69) is 9.55 Å². The Morgan fingerprint density at radius 3 is 2.89 bits per heavy atom. The summed E-state index contributed by atoms with van der Waals surface area (Å²) in [5.41, 5.74) is 1.99. The molecule has 1 aliphatic rings. The number of aromatic nitrogens is 2. The van der Waals surface area contributed by atoms with Crippen LogP contribution >= 0.6 is 0 Å². The maximum absolute atomic E-state index is 10.1. The van der Waals surface area contributed by atoms with E-state index >= 15 is 0 Å². The fraction of sp³-hybridized carbons (Fsp3) is 0.500. The molecular formula is C14H18N2O2. The second kappa shape index (κ2) is 4.61. The quantitative estimate of drug-likeness (QED) is 0.885.